The Bertz CT molecular complexity index is 1370. The van der Waals surface area contributed by atoms with Gasteiger partial charge in [0.05, 0.1) is 5.52 Å². The fourth-order valence-corrected chi connectivity index (χ4v) is 3.72. The van der Waals surface area contributed by atoms with Gasteiger partial charge in [-0.2, -0.15) is 0 Å². The maximum absolute atomic E-state index is 13.1. The lowest BCUT2D eigenvalue weighted by Crippen LogP contribution is -2.36. The van der Waals surface area contributed by atoms with Gasteiger partial charge in [0.15, 0.2) is 0 Å². The van der Waals surface area contributed by atoms with Crippen LogP contribution in [0.5, 0.6) is 0 Å². The van der Waals surface area contributed by atoms with Gasteiger partial charge in [-0.15, -0.1) is 0 Å². The summed E-state index contributed by atoms with van der Waals surface area (Å²) in [6.45, 7) is 0. The van der Waals surface area contributed by atoms with E-state index in [0.29, 0.717) is 16.6 Å². The van der Waals surface area contributed by atoms with Crippen LogP contribution in [0.3, 0.4) is 0 Å². The lowest BCUT2D eigenvalue weighted by atomic mass is 10.2. The third-order valence-corrected chi connectivity index (χ3v) is 5.64. The summed E-state index contributed by atoms with van der Waals surface area (Å²) in [7, 11) is 0. The number of rotatable bonds is 4. The molecule has 0 saturated heterocycles. The van der Waals surface area contributed by atoms with E-state index in [2.05, 4.69) is 47.9 Å². The van der Waals surface area contributed by atoms with Crippen LogP contribution in [-0.4, -0.2) is 22.4 Å². The van der Waals surface area contributed by atoms with Crippen LogP contribution in [0.25, 0.3) is 10.9 Å². The number of anilines is 2. The summed E-state index contributed by atoms with van der Waals surface area (Å²) in [6.07, 6.45) is 0. The summed E-state index contributed by atoms with van der Waals surface area (Å²) in [5.41, 5.74) is 3.92. The molecule has 0 radical (unpaired) electrons. The van der Waals surface area contributed by atoms with Gasteiger partial charge < -0.3 is 10.6 Å². The molecule has 0 aliphatic carbocycles. The SMILES string of the molecule is O=C(Nc1ccc(F)cc1)C(=O)Nn1c(C(=O)Nc2ccc(Br)cc2)cc2cc(Br)ccc21. The fourth-order valence-electron chi connectivity index (χ4n) is 3.08. The maximum Gasteiger partial charge on any atom is 0.328 e. The van der Waals surface area contributed by atoms with Gasteiger partial charge in [-0.05, 0) is 72.8 Å². The molecule has 0 unspecified atom stereocenters. The van der Waals surface area contributed by atoms with E-state index >= 15 is 0 Å². The standard InChI is InChI=1S/C23H15Br2FN4O3/c24-14-1-6-17(7-2-14)27-21(31)20-12-13-11-15(25)3-10-19(13)30(20)29-23(33)22(32)28-18-8-4-16(26)5-9-18/h1-12H,(H,27,31)(H,28,32)(H,29,33). The predicted molar refractivity (Wildman–Crippen MR) is 131 cm³/mol. The van der Waals surface area contributed by atoms with E-state index in [1.54, 1.807) is 48.5 Å². The van der Waals surface area contributed by atoms with Crippen LogP contribution in [0.4, 0.5) is 15.8 Å². The third-order valence-electron chi connectivity index (χ3n) is 4.62. The number of nitrogens with zero attached hydrogens (tertiary/aromatic N) is 1. The lowest BCUT2D eigenvalue weighted by Gasteiger charge is -2.13. The highest BCUT2D eigenvalue weighted by molar-refractivity contribution is 9.10. The van der Waals surface area contributed by atoms with Crippen LogP contribution < -0.4 is 16.1 Å². The number of carbonyl (C=O) groups excluding carboxylic acids is 3. The maximum atomic E-state index is 13.1. The number of hydrogen-bond acceptors (Lipinski definition) is 3. The highest BCUT2D eigenvalue weighted by atomic mass is 79.9. The zero-order valence-electron chi connectivity index (χ0n) is 16.7. The van der Waals surface area contributed by atoms with Gasteiger partial charge >= 0.3 is 11.8 Å². The summed E-state index contributed by atoms with van der Waals surface area (Å²) in [5, 5.41) is 5.83. The molecular weight excluding hydrogens is 559 g/mol. The summed E-state index contributed by atoms with van der Waals surface area (Å²) >= 11 is 6.73. The first-order valence-corrected chi connectivity index (χ1v) is 11.1. The van der Waals surface area contributed by atoms with E-state index < -0.39 is 23.5 Å². The highest BCUT2D eigenvalue weighted by Crippen LogP contribution is 2.24. The Morgan fingerprint density at radius 2 is 1.33 bits per heavy atom. The van der Waals surface area contributed by atoms with Crippen molar-refractivity contribution in [2.75, 3.05) is 16.1 Å². The molecule has 0 fully saturated rings. The third kappa shape index (κ3) is 5.29. The summed E-state index contributed by atoms with van der Waals surface area (Å²) in [6, 6.07) is 18.8. The second kappa shape index (κ2) is 9.55. The Hall–Kier alpha value is -3.50. The Morgan fingerprint density at radius 3 is 2.03 bits per heavy atom. The van der Waals surface area contributed by atoms with Gasteiger partial charge in [-0.1, -0.05) is 31.9 Å². The topological polar surface area (TPSA) is 92.2 Å². The number of nitrogens with one attached hydrogen (secondary N) is 3. The second-order valence-electron chi connectivity index (χ2n) is 6.93. The van der Waals surface area contributed by atoms with Crippen molar-refractivity contribution < 1.29 is 18.8 Å². The van der Waals surface area contributed by atoms with Crippen LogP contribution in [-0.2, 0) is 9.59 Å². The van der Waals surface area contributed by atoms with Gasteiger partial charge in [0, 0.05) is 25.7 Å². The molecule has 1 aromatic heterocycles. The molecule has 7 nitrogen and oxygen atoms in total. The summed E-state index contributed by atoms with van der Waals surface area (Å²) in [5.74, 6) is -2.93. The summed E-state index contributed by atoms with van der Waals surface area (Å²) in [4.78, 5) is 38.0. The minimum atomic E-state index is -1.00. The Morgan fingerprint density at radius 1 is 0.727 bits per heavy atom. The number of amides is 3. The number of halogens is 3. The molecule has 10 heteroatoms. The fraction of sp³-hybridized carbons (Fsp3) is 0. The molecule has 3 N–H and O–H groups in total. The van der Waals surface area contributed by atoms with Crippen LogP contribution in [0.2, 0.25) is 0 Å². The van der Waals surface area contributed by atoms with Gasteiger partial charge in [0.2, 0.25) is 0 Å². The van der Waals surface area contributed by atoms with Crippen LogP contribution in [0.1, 0.15) is 10.5 Å². The lowest BCUT2D eigenvalue weighted by molar-refractivity contribution is -0.133. The summed E-state index contributed by atoms with van der Waals surface area (Å²) < 4.78 is 16.0. The average Bonchev–Trinajstić information content (AvgIpc) is 3.14. The van der Waals surface area contributed by atoms with Gasteiger partial charge in [0.1, 0.15) is 11.5 Å². The number of fused-ring (bicyclic) bond motifs is 1. The van der Waals surface area contributed by atoms with E-state index in [-0.39, 0.29) is 11.4 Å². The van der Waals surface area contributed by atoms with Crippen LogP contribution >= 0.6 is 31.9 Å². The van der Waals surface area contributed by atoms with E-state index in [4.69, 9.17) is 0 Å². The number of benzene rings is 3. The van der Waals surface area contributed by atoms with E-state index in [1.807, 2.05) is 0 Å². The number of carbonyl (C=O) groups is 3. The van der Waals surface area contributed by atoms with Crippen LogP contribution in [0.15, 0.2) is 81.7 Å². The number of aromatic nitrogens is 1. The molecule has 166 valence electrons. The highest BCUT2D eigenvalue weighted by Gasteiger charge is 2.21. The van der Waals surface area contributed by atoms with Crippen molar-refractivity contribution in [3.05, 3.63) is 93.3 Å². The predicted octanol–water partition coefficient (Wildman–Crippen LogP) is 5.27. The normalized spacial score (nSPS) is 10.6. The molecule has 0 aliphatic heterocycles. The van der Waals surface area contributed by atoms with Crippen LogP contribution in [0, 0.1) is 5.82 Å². The molecule has 0 atom stereocenters. The van der Waals surface area contributed by atoms with E-state index in [1.165, 1.54) is 16.8 Å². The minimum absolute atomic E-state index is 0.119. The first-order valence-electron chi connectivity index (χ1n) is 9.56. The Kier molecular flexibility index (Phi) is 6.57. The average molecular weight is 574 g/mol. The van der Waals surface area contributed by atoms with Crippen molar-refractivity contribution in [3.8, 4) is 0 Å². The molecule has 3 amide bonds. The molecule has 4 rings (SSSR count). The van der Waals surface area contributed by atoms with Gasteiger partial charge in [-0.25, -0.2) is 9.07 Å². The molecule has 33 heavy (non-hydrogen) atoms. The van der Waals surface area contributed by atoms with Gasteiger partial charge in [-0.3, -0.25) is 19.8 Å². The second-order valence-corrected chi connectivity index (χ2v) is 8.76. The van der Waals surface area contributed by atoms with Gasteiger partial charge in [0.25, 0.3) is 5.91 Å². The zero-order chi connectivity index (χ0) is 23.5. The van der Waals surface area contributed by atoms with E-state index in [9.17, 15) is 18.8 Å². The molecule has 0 bridgehead atoms. The molecule has 1 heterocycles. The Balaban J connectivity index is 1.61. The first kappa shape index (κ1) is 22.7. The Labute approximate surface area is 204 Å². The molecule has 4 aromatic rings. The molecular formula is C23H15Br2FN4O3. The number of hydrogen-bond donors (Lipinski definition) is 3. The molecule has 0 saturated carbocycles. The largest absolute Gasteiger partial charge is 0.328 e. The van der Waals surface area contributed by atoms with Crippen molar-refractivity contribution in [1.29, 1.82) is 0 Å². The van der Waals surface area contributed by atoms with Crippen molar-refractivity contribution >= 4 is 71.9 Å². The molecule has 0 aliphatic rings. The van der Waals surface area contributed by atoms with Crippen molar-refractivity contribution in [2.24, 2.45) is 0 Å². The van der Waals surface area contributed by atoms with E-state index in [0.717, 1.165) is 21.1 Å². The van der Waals surface area contributed by atoms with Crippen molar-refractivity contribution in [1.82, 2.24) is 4.68 Å². The first-order chi connectivity index (χ1) is 15.8. The van der Waals surface area contributed by atoms with Crippen molar-refractivity contribution in [2.45, 2.75) is 0 Å². The smallest absolute Gasteiger partial charge is 0.321 e. The minimum Gasteiger partial charge on any atom is -0.321 e. The molecule has 0 spiro atoms. The molecule has 3 aromatic carbocycles. The zero-order valence-corrected chi connectivity index (χ0v) is 19.9. The monoisotopic (exact) mass is 572 g/mol. The quantitative estimate of drug-likeness (QED) is 0.291. The van der Waals surface area contributed by atoms with Crippen molar-refractivity contribution in [3.63, 3.8) is 0 Å².